The minimum Gasteiger partial charge on any atom is -0.341 e. The summed E-state index contributed by atoms with van der Waals surface area (Å²) >= 11 is 0. The fraction of sp³-hybridized carbons (Fsp3) is 0.231. The van der Waals surface area contributed by atoms with E-state index in [0.717, 1.165) is 41.8 Å². The average molecular weight is 397 g/mol. The van der Waals surface area contributed by atoms with Crippen molar-refractivity contribution in [3.8, 4) is 0 Å². The lowest BCUT2D eigenvalue weighted by atomic mass is 10.0. The molecule has 0 aromatic heterocycles. The van der Waals surface area contributed by atoms with E-state index in [9.17, 15) is 0 Å². The molecular formula is C26H28N4. The Hall–Kier alpha value is -3.40. The number of para-hydroxylation sites is 2. The van der Waals surface area contributed by atoms with Crippen LogP contribution >= 0.6 is 0 Å². The second kappa shape index (κ2) is 9.40. The Balaban J connectivity index is 1.83. The first-order chi connectivity index (χ1) is 14.7. The number of likely N-dealkylation sites (tertiary alicyclic amines) is 1. The van der Waals surface area contributed by atoms with Crippen LogP contribution < -0.4 is 5.32 Å². The largest absolute Gasteiger partial charge is 0.341 e. The molecule has 1 saturated heterocycles. The lowest BCUT2D eigenvalue weighted by Gasteiger charge is -2.20. The van der Waals surface area contributed by atoms with Crippen molar-refractivity contribution in [3.63, 3.8) is 0 Å². The van der Waals surface area contributed by atoms with Crippen molar-refractivity contribution in [3.05, 3.63) is 95.6 Å². The third-order valence-corrected chi connectivity index (χ3v) is 5.34. The number of amidine groups is 1. The van der Waals surface area contributed by atoms with Gasteiger partial charge in [0.2, 0.25) is 5.96 Å². The maximum absolute atomic E-state index is 5.12. The minimum atomic E-state index is 0.764. The van der Waals surface area contributed by atoms with Gasteiger partial charge >= 0.3 is 0 Å². The van der Waals surface area contributed by atoms with Gasteiger partial charge in [-0.05, 0) is 62.1 Å². The second-order valence-corrected chi connectivity index (χ2v) is 7.66. The van der Waals surface area contributed by atoms with Crippen LogP contribution in [0.3, 0.4) is 0 Å². The Morgan fingerprint density at radius 3 is 2.00 bits per heavy atom. The maximum atomic E-state index is 5.12. The first kappa shape index (κ1) is 19.9. The molecule has 4 nitrogen and oxygen atoms in total. The topological polar surface area (TPSA) is 40.0 Å². The SMILES string of the molecule is Cc1cccc(C)c1/C(=N\C(=Nc1ccccc1)N1CCCC1)Nc1ccccc1. The fourth-order valence-electron chi connectivity index (χ4n) is 3.79. The predicted octanol–water partition coefficient (Wildman–Crippen LogP) is 5.95. The highest BCUT2D eigenvalue weighted by molar-refractivity contribution is 6.14. The van der Waals surface area contributed by atoms with Gasteiger partial charge in [-0.2, -0.15) is 4.99 Å². The number of aryl methyl sites for hydroxylation is 2. The molecular weight excluding hydrogens is 368 g/mol. The van der Waals surface area contributed by atoms with Crippen molar-refractivity contribution >= 4 is 23.2 Å². The van der Waals surface area contributed by atoms with Crippen LogP contribution in [0.4, 0.5) is 11.4 Å². The van der Waals surface area contributed by atoms with Crippen LogP contribution in [-0.4, -0.2) is 29.8 Å². The van der Waals surface area contributed by atoms with Crippen molar-refractivity contribution in [1.29, 1.82) is 0 Å². The lowest BCUT2D eigenvalue weighted by Crippen LogP contribution is -2.29. The Bertz CT molecular complexity index is 1010. The molecule has 0 saturated carbocycles. The Morgan fingerprint density at radius 2 is 1.37 bits per heavy atom. The molecule has 1 N–H and O–H groups in total. The van der Waals surface area contributed by atoms with E-state index in [0.29, 0.717) is 0 Å². The highest BCUT2D eigenvalue weighted by atomic mass is 15.3. The standard InChI is InChI=1S/C26H28N4/c1-20-12-11-13-21(2)24(20)25(27-22-14-5-3-6-15-22)29-26(30-18-9-10-19-30)28-23-16-7-4-8-17-23/h3-8,11-17H,9-10,18-19H2,1-2H3,(H,27,28,29). The van der Waals surface area contributed by atoms with Crippen LogP contribution in [0, 0.1) is 13.8 Å². The van der Waals surface area contributed by atoms with Gasteiger partial charge in [-0.15, -0.1) is 0 Å². The molecule has 0 radical (unpaired) electrons. The molecule has 3 aromatic carbocycles. The fourth-order valence-corrected chi connectivity index (χ4v) is 3.79. The third-order valence-electron chi connectivity index (χ3n) is 5.34. The quantitative estimate of drug-likeness (QED) is 0.439. The van der Waals surface area contributed by atoms with Gasteiger partial charge in [-0.3, -0.25) is 0 Å². The van der Waals surface area contributed by atoms with E-state index >= 15 is 0 Å². The normalized spacial score (nSPS) is 14.8. The molecule has 0 unspecified atom stereocenters. The summed E-state index contributed by atoms with van der Waals surface area (Å²) in [7, 11) is 0. The van der Waals surface area contributed by atoms with Gasteiger partial charge in [0.1, 0.15) is 5.84 Å². The molecule has 4 heteroatoms. The van der Waals surface area contributed by atoms with Crippen LogP contribution in [0.15, 0.2) is 88.8 Å². The minimum absolute atomic E-state index is 0.764. The summed E-state index contributed by atoms with van der Waals surface area (Å²) in [4.78, 5) is 12.3. The number of hydrogen-bond donors (Lipinski definition) is 1. The summed E-state index contributed by atoms with van der Waals surface area (Å²) in [5.41, 5.74) is 5.44. The van der Waals surface area contributed by atoms with E-state index in [2.05, 4.69) is 54.4 Å². The number of hydrogen-bond acceptors (Lipinski definition) is 1. The van der Waals surface area contributed by atoms with E-state index in [1.165, 1.54) is 24.0 Å². The number of nitrogens with one attached hydrogen (secondary N) is 1. The van der Waals surface area contributed by atoms with E-state index in [1.807, 2.05) is 48.5 Å². The number of anilines is 1. The summed E-state index contributed by atoms with van der Waals surface area (Å²) < 4.78 is 0. The van der Waals surface area contributed by atoms with E-state index in [-0.39, 0.29) is 0 Å². The molecule has 1 fully saturated rings. The van der Waals surface area contributed by atoms with Gasteiger partial charge in [-0.1, -0.05) is 54.6 Å². The van der Waals surface area contributed by atoms with Crippen molar-refractivity contribution in [2.45, 2.75) is 26.7 Å². The molecule has 0 spiro atoms. The number of aliphatic imine (C=N–C) groups is 2. The Morgan fingerprint density at radius 1 is 0.767 bits per heavy atom. The third kappa shape index (κ3) is 4.77. The van der Waals surface area contributed by atoms with Gasteiger partial charge in [0, 0.05) is 24.3 Å². The summed E-state index contributed by atoms with van der Waals surface area (Å²) in [6.07, 6.45) is 2.35. The summed E-state index contributed by atoms with van der Waals surface area (Å²) in [6, 6.07) is 26.6. The first-order valence-corrected chi connectivity index (χ1v) is 10.6. The zero-order valence-electron chi connectivity index (χ0n) is 17.7. The van der Waals surface area contributed by atoms with Gasteiger partial charge in [0.25, 0.3) is 0 Å². The number of guanidine groups is 1. The van der Waals surface area contributed by atoms with Gasteiger partial charge in [0.05, 0.1) is 5.69 Å². The molecule has 4 rings (SSSR count). The van der Waals surface area contributed by atoms with Crippen molar-refractivity contribution < 1.29 is 0 Å². The van der Waals surface area contributed by atoms with Crippen molar-refractivity contribution in [2.75, 3.05) is 18.4 Å². The molecule has 30 heavy (non-hydrogen) atoms. The lowest BCUT2D eigenvalue weighted by molar-refractivity contribution is 0.514. The van der Waals surface area contributed by atoms with E-state index in [1.54, 1.807) is 0 Å². The van der Waals surface area contributed by atoms with E-state index in [4.69, 9.17) is 9.98 Å². The second-order valence-electron chi connectivity index (χ2n) is 7.66. The molecule has 0 atom stereocenters. The Labute approximate surface area is 179 Å². The highest BCUT2D eigenvalue weighted by Crippen LogP contribution is 2.20. The molecule has 1 aliphatic rings. The molecule has 0 amide bonds. The molecule has 152 valence electrons. The highest BCUT2D eigenvalue weighted by Gasteiger charge is 2.19. The molecule has 1 aliphatic heterocycles. The Kier molecular flexibility index (Phi) is 6.23. The van der Waals surface area contributed by atoms with Crippen molar-refractivity contribution in [2.24, 2.45) is 9.98 Å². The van der Waals surface area contributed by atoms with Gasteiger partial charge in [-0.25, -0.2) is 4.99 Å². The number of nitrogens with zero attached hydrogens (tertiary/aromatic N) is 3. The van der Waals surface area contributed by atoms with Crippen LogP contribution in [0.1, 0.15) is 29.5 Å². The smallest absolute Gasteiger partial charge is 0.227 e. The van der Waals surface area contributed by atoms with Crippen LogP contribution in [0.25, 0.3) is 0 Å². The molecule has 1 heterocycles. The molecule has 0 bridgehead atoms. The maximum Gasteiger partial charge on any atom is 0.227 e. The first-order valence-electron chi connectivity index (χ1n) is 10.6. The van der Waals surface area contributed by atoms with Crippen LogP contribution in [-0.2, 0) is 0 Å². The van der Waals surface area contributed by atoms with Gasteiger partial charge < -0.3 is 10.2 Å². The van der Waals surface area contributed by atoms with Crippen LogP contribution in [0.2, 0.25) is 0 Å². The summed E-state index contributed by atoms with van der Waals surface area (Å²) in [5.74, 6) is 1.60. The monoisotopic (exact) mass is 396 g/mol. The number of benzene rings is 3. The predicted molar refractivity (Wildman–Crippen MR) is 127 cm³/mol. The zero-order chi connectivity index (χ0) is 20.8. The molecule has 0 aliphatic carbocycles. The summed E-state index contributed by atoms with van der Waals surface area (Å²) in [5, 5.41) is 3.56. The summed E-state index contributed by atoms with van der Waals surface area (Å²) in [6.45, 7) is 6.24. The van der Waals surface area contributed by atoms with Crippen LogP contribution in [0.5, 0.6) is 0 Å². The molecule has 3 aromatic rings. The average Bonchev–Trinajstić information content (AvgIpc) is 3.29. The van der Waals surface area contributed by atoms with Crippen molar-refractivity contribution in [1.82, 2.24) is 4.90 Å². The van der Waals surface area contributed by atoms with Gasteiger partial charge in [0.15, 0.2) is 0 Å². The number of rotatable bonds is 3. The zero-order valence-corrected chi connectivity index (χ0v) is 17.7. The van der Waals surface area contributed by atoms with E-state index < -0.39 is 0 Å².